The Morgan fingerprint density at radius 1 is 1.29 bits per heavy atom. The smallest absolute Gasteiger partial charge is 0.293 e. The summed E-state index contributed by atoms with van der Waals surface area (Å²) in [7, 11) is 3.93. The highest BCUT2D eigenvalue weighted by Crippen LogP contribution is 2.34. The van der Waals surface area contributed by atoms with E-state index in [1.54, 1.807) is 6.08 Å². The Kier molecular flexibility index (Phi) is 4.78. The molecule has 6 heteroatoms. The Balaban J connectivity index is 2.31. The highest BCUT2D eigenvalue weighted by Gasteiger charge is 2.36. The molecule has 0 bridgehead atoms. The van der Waals surface area contributed by atoms with Crippen LogP contribution in [0.5, 0.6) is 0 Å². The second-order valence-corrected chi connectivity index (χ2v) is 7.10. The highest BCUT2D eigenvalue weighted by atomic mass is 79.9. The van der Waals surface area contributed by atoms with Crippen molar-refractivity contribution in [3.63, 3.8) is 0 Å². The van der Waals surface area contributed by atoms with Gasteiger partial charge in [-0.2, -0.15) is 0 Å². The maximum atomic E-state index is 12.2. The van der Waals surface area contributed by atoms with Crippen molar-refractivity contribution in [3.05, 3.63) is 33.1 Å². The molecule has 0 aromatic heterocycles. The Labute approximate surface area is 137 Å². The second-order valence-electron chi connectivity index (χ2n) is 5.25. The van der Waals surface area contributed by atoms with Crippen molar-refractivity contribution in [1.82, 2.24) is 4.90 Å². The van der Waals surface area contributed by atoms with E-state index in [0.29, 0.717) is 4.91 Å². The Bertz CT molecular complexity index is 626. The molecule has 1 aliphatic heterocycles. The van der Waals surface area contributed by atoms with Crippen molar-refractivity contribution in [1.29, 1.82) is 0 Å². The molecule has 1 aromatic carbocycles. The molecule has 0 atom stereocenters. The third-order valence-corrected chi connectivity index (χ3v) is 4.61. The van der Waals surface area contributed by atoms with Gasteiger partial charge in [-0.25, -0.2) is 0 Å². The molecule has 0 unspecified atom stereocenters. The number of halogens is 1. The average Bonchev–Trinajstić information content (AvgIpc) is 2.63. The van der Waals surface area contributed by atoms with Gasteiger partial charge in [0.05, 0.1) is 10.6 Å². The lowest BCUT2D eigenvalue weighted by Crippen LogP contribution is -2.34. The summed E-state index contributed by atoms with van der Waals surface area (Å²) in [5.41, 5.74) is 1.95. The summed E-state index contributed by atoms with van der Waals surface area (Å²) >= 11 is 4.51. The second kappa shape index (κ2) is 6.23. The fraction of sp³-hybridized carbons (Fsp3) is 0.333. The first-order valence-electron chi connectivity index (χ1n) is 6.55. The largest absolute Gasteiger partial charge is 0.377 e. The number of carbonyl (C=O) groups excluding carboxylic acids is 2. The van der Waals surface area contributed by atoms with Gasteiger partial charge in [0, 0.05) is 24.6 Å². The van der Waals surface area contributed by atoms with Gasteiger partial charge < -0.3 is 4.90 Å². The van der Waals surface area contributed by atoms with Crippen LogP contribution < -0.4 is 4.90 Å². The first-order valence-corrected chi connectivity index (χ1v) is 8.16. The minimum atomic E-state index is -0.215. The van der Waals surface area contributed by atoms with E-state index in [0.717, 1.165) is 27.5 Å². The molecule has 0 aliphatic carbocycles. The van der Waals surface area contributed by atoms with Crippen molar-refractivity contribution in [2.45, 2.75) is 19.9 Å². The van der Waals surface area contributed by atoms with Crippen LogP contribution in [0.15, 0.2) is 27.6 Å². The maximum absolute atomic E-state index is 12.2. The molecule has 0 N–H and O–H groups in total. The quantitative estimate of drug-likeness (QED) is 0.757. The lowest BCUT2D eigenvalue weighted by atomic mass is 10.2. The summed E-state index contributed by atoms with van der Waals surface area (Å²) in [6, 6.07) is 5.73. The molecule has 2 rings (SSSR count). The van der Waals surface area contributed by atoms with E-state index < -0.39 is 0 Å². The molecule has 4 nitrogen and oxygen atoms in total. The number of carbonyl (C=O) groups is 2. The topological polar surface area (TPSA) is 40.6 Å². The number of anilines is 1. The van der Waals surface area contributed by atoms with Crippen LogP contribution in [0.3, 0.4) is 0 Å². The van der Waals surface area contributed by atoms with E-state index in [4.69, 9.17) is 0 Å². The standard InChI is InChI=1S/C15H17BrN2O2S/c1-9(2)18-14(19)13(21-15(18)20)8-10-5-6-12(17(3)4)11(16)7-10/h5-9H,1-4H3/b13-8+. The summed E-state index contributed by atoms with van der Waals surface area (Å²) in [6.45, 7) is 3.67. The number of benzene rings is 1. The van der Waals surface area contributed by atoms with Crippen LogP contribution in [-0.2, 0) is 4.79 Å². The van der Waals surface area contributed by atoms with Crippen LogP contribution in [0.4, 0.5) is 10.5 Å². The minimum Gasteiger partial charge on any atom is -0.377 e. The molecule has 1 saturated heterocycles. The first kappa shape index (κ1) is 16.1. The number of nitrogens with zero attached hydrogens (tertiary/aromatic N) is 2. The number of thioether (sulfide) groups is 1. The van der Waals surface area contributed by atoms with Gasteiger partial charge in [0.1, 0.15) is 0 Å². The van der Waals surface area contributed by atoms with Gasteiger partial charge in [0.2, 0.25) is 0 Å². The zero-order valence-corrected chi connectivity index (χ0v) is 14.8. The van der Waals surface area contributed by atoms with Crippen molar-refractivity contribution in [3.8, 4) is 0 Å². The van der Waals surface area contributed by atoms with Gasteiger partial charge in [0.25, 0.3) is 11.1 Å². The predicted molar refractivity (Wildman–Crippen MR) is 91.4 cm³/mol. The zero-order valence-electron chi connectivity index (χ0n) is 12.4. The van der Waals surface area contributed by atoms with E-state index in [-0.39, 0.29) is 17.2 Å². The van der Waals surface area contributed by atoms with Crippen molar-refractivity contribution in [2.75, 3.05) is 19.0 Å². The van der Waals surface area contributed by atoms with Gasteiger partial charge in [0.15, 0.2) is 0 Å². The minimum absolute atomic E-state index is 0.119. The lowest BCUT2D eigenvalue weighted by Gasteiger charge is -2.16. The molecular weight excluding hydrogens is 352 g/mol. The van der Waals surface area contributed by atoms with E-state index in [1.165, 1.54) is 4.90 Å². The summed E-state index contributed by atoms with van der Waals surface area (Å²) in [5, 5.41) is -0.203. The first-order chi connectivity index (χ1) is 9.81. The van der Waals surface area contributed by atoms with Crippen molar-refractivity contribution < 1.29 is 9.59 Å². The molecular formula is C15H17BrN2O2S. The molecule has 1 aromatic rings. The maximum Gasteiger partial charge on any atom is 0.293 e. The molecule has 1 heterocycles. The van der Waals surface area contributed by atoms with Crippen LogP contribution in [0, 0.1) is 0 Å². The summed E-state index contributed by atoms with van der Waals surface area (Å²) < 4.78 is 0.948. The third-order valence-electron chi connectivity index (χ3n) is 3.09. The normalized spacial score (nSPS) is 17.2. The van der Waals surface area contributed by atoms with Crippen molar-refractivity contribution in [2.24, 2.45) is 0 Å². The fourth-order valence-electron chi connectivity index (χ4n) is 2.05. The van der Waals surface area contributed by atoms with Crippen LogP contribution >= 0.6 is 27.7 Å². The monoisotopic (exact) mass is 368 g/mol. The third kappa shape index (κ3) is 3.32. The van der Waals surface area contributed by atoms with Crippen LogP contribution in [0.25, 0.3) is 6.08 Å². The summed E-state index contributed by atoms with van der Waals surface area (Å²) in [4.78, 5) is 27.8. The predicted octanol–water partition coefficient (Wildman–Crippen LogP) is 3.96. The van der Waals surface area contributed by atoms with Gasteiger partial charge in [-0.1, -0.05) is 6.07 Å². The van der Waals surface area contributed by atoms with Crippen LogP contribution in [0.1, 0.15) is 19.4 Å². The van der Waals surface area contributed by atoms with Gasteiger partial charge in [-0.15, -0.1) is 0 Å². The molecule has 0 saturated carbocycles. The van der Waals surface area contributed by atoms with Gasteiger partial charge >= 0.3 is 0 Å². The molecule has 2 amide bonds. The van der Waals surface area contributed by atoms with Gasteiger partial charge in [-0.3, -0.25) is 14.5 Å². The lowest BCUT2D eigenvalue weighted by molar-refractivity contribution is -0.123. The fourth-order valence-corrected chi connectivity index (χ4v) is 3.76. The van der Waals surface area contributed by atoms with E-state index in [2.05, 4.69) is 15.9 Å². The Hall–Kier alpha value is -1.27. The Morgan fingerprint density at radius 2 is 1.95 bits per heavy atom. The molecule has 0 radical (unpaired) electrons. The van der Waals surface area contributed by atoms with E-state index in [9.17, 15) is 9.59 Å². The molecule has 0 spiro atoms. The molecule has 112 valence electrons. The van der Waals surface area contributed by atoms with Crippen molar-refractivity contribution >= 4 is 50.6 Å². The molecule has 21 heavy (non-hydrogen) atoms. The highest BCUT2D eigenvalue weighted by molar-refractivity contribution is 9.10. The molecule has 1 fully saturated rings. The number of imide groups is 1. The zero-order chi connectivity index (χ0) is 15.7. The number of hydrogen-bond donors (Lipinski definition) is 0. The van der Waals surface area contributed by atoms with Crippen LogP contribution in [0.2, 0.25) is 0 Å². The van der Waals surface area contributed by atoms with E-state index in [1.807, 2.05) is 51.0 Å². The van der Waals surface area contributed by atoms with E-state index >= 15 is 0 Å². The summed E-state index contributed by atoms with van der Waals surface area (Å²) in [5.74, 6) is -0.215. The number of rotatable bonds is 3. The van der Waals surface area contributed by atoms with Crippen LogP contribution in [-0.4, -0.2) is 36.2 Å². The number of amides is 2. The number of hydrogen-bond acceptors (Lipinski definition) is 4. The SMILES string of the molecule is CC(C)N1C(=O)S/C(=C/c2ccc(N(C)C)c(Br)c2)C1=O. The Morgan fingerprint density at radius 3 is 2.43 bits per heavy atom. The van der Waals surface area contributed by atoms with Gasteiger partial charge in [-0.05, 0) is 65.3 Å². The molecule has 1 aliphatic rings. The summed E-state index contributed by atoms with van der Waals surface area (Å²) in [6.07, 6.45) is 1.76. The average molecular weight is 369 g/mol.